The van der Waals surface area contributed by atoms with Crippen LogP contribution in [0.5, 0.6) is 23.0 Å². The maximum atomic E-state index is 13.1. The van der Waals surface area contributed by atoms with Gasteiger partial charge >= 0.3 is 5.97 Å². The average Bonchev–Trinajstić information content (AvgIpc) is 2.87. The van der Waals surface area contributed by atoms with Gasteiger partial charge in [0.15, 0.2) is 11.5 Å². The predicted octanol–water partition coefficient (Wildman–Crippen LogP) is 4.64. The monoisotopic (exact) mass is 465 g/mol. The summed E-state index contributed by atoms with van der Waals surface area (Å²) in [4.78, 5) is 25.4. The van der Waals surface area contributed by atoms with Gasteiger partial charge in [0.25, 0.3) is 5.91 Å². The van der Waals surface area contributed by atoms with Crippen LogP contribution in [0.15, 0.2) is 54.6 Å². The highest BCUT2D eigenvalue weighted by atomic mass is 16.5. The Labute approximate surface area is 198 Å². The Morgan fingerprint density at radius 3 is 2.06 bits per heavy atom. The lowest BCUT2D eigenvalue weighted by Gasteiger charge is -2.15. The largest absolute Gasteiger partial charge is 0.496 e. The number of carbonyl (C=O) groups excluding carboxylic acids is 2. The molecule has 0 aliphatic heterocycles. The van der Waals surface area contributed by atoms with Gasteiger partial charge in [-0.1, -0.05) is 17.7 Å². The number of methoxy groups -OCH3 is 4. The van der Waals surface area contributed by atoms with Crippen LogP contribution in [0.3, 0.4) is 0 Å². The first-order valence-corrected chi connectivity index (χ1v) is 10.4. The average molecular weight is 466 g/mol. The molecule has 0 spiro atoms. The van der Waals surface area contributed by atoms with Crippen LogP contribution in [-0.2, 0) is 11.3 Å². The van der Waals surface area contributed by atoms with Crippen molar-refractivity contribution in [2.45, 2.75) is 13.5 Å². The summed E-state index contributed by atoms with van der Waals surface area (Å²) >= 11 is 0. The van der Waals surface area contributed by atoms with Crippen molar-refractivity contribution >= 4 is 17.6 Å². The van der Waals surface area contributed by atoms with Gasteiger partial charge in [0, 0.05) is 23.3 Å². The fraction of sp³-hybridized carbons (Fsp3) is 0.231. The lowest BCUT2D eigenvalue weighted by Crippen LogP contribution is -2.16. The van der Waals surface area contributed by atoms with E-state index >= 15 is 0 Å². The van der Waals surface area contributed by atoms with Gasteiger partial charge in [-0.15, -0.1) is 0 Å². The molecule has 0 atom stereocenters. The maximum Gasteiger partial charge on any atom is 0.340 e. The minimum absolute atomic E-state index is 0.130. The fourth-order valence-corrected chi connectivity index (χ4v) is 3.28. The summed E-state index contributed by atoms with van der Waals surface area (Å²) in [5.41, 5.74) is 2.53. The van der Waals surface area contributed by atoms with E-state index in [1.165, 1.54) is 33.5 Å². The molecule has 178 valence electrons. The molecule has 8 heteroatoms. The lowest BCUT2D eigenvalue weighted by atomic mass is 10.1. The topological polar surface area (TPSA) is 92.3 Å². The van der Waals surface area contributed by atoms with Crippen LogP contribution in [0.2, 0.25) is 0 Å². The SMILES string of the molecule is COC(=O)c1cc(OC)c(OC)cc1NC(=O)c1ccc(OC)c(COc2ccc(C)cc2)c1. The summed E-state index contributed by atoms with van der Waals surface area (Å²) in [6.07, 6.45) is 0. The van der Waals surface area contributed by atoms with Crippen molar-refractivity contribution in [3.8, 4) is 23.0 Å². The summed E-state index contributed by atoms with van der Waals surface area (Å²) in [7, 11) is 5.73. The third kappa shape index (κ3) is 5.58. The number of benzene rings is 3. The molecule has 1 amide bonds. The van der Waals surface area contributed by atoms with E-state index in [9.17, 15) is 9.59 Å². The van der Waals surface area contributed by atoms with Gasteiger partial charge in [-0.05, 0) is 37.3 Å². The number of esters is 1. The molecule has 0 aromatic heterocycles. The molecule has 0 radical (unpaired) electrons. The van der Waals surface area contributed by atoms with Crippen molar-refractivity contribution in [3.63, 3.8) is 0 Å². The third-order valence-electron chi connectivity index (χ3n) is 5.14. The normalized spacial score (nSPS) is 10.3. The van der Waals surface area contributed by atoms with Gasteiger partial charge in [0.1, 0.15) is 18.1 Å². The summed E-state index contributed by atoms with van der Waals surface area (Å²) in [5, 5.41) is 2.76. The van der Waals surface area contributed by atoms with Crippen LogP contribution < -0.4 is 24.3 Å². The molecule has 34 heavy (non-hydrogen) atoms. The molecule has 0 heterocycles. The molecule has 8 nitrogen and oxygen atoms in total. The Morgan fingerprint density at radius 2 is 1.44 bits per heavy atom. The first-order chi connectivity index (χ1) is 16.4. The van der Waals surface area contributed by atoms with Crippen LogP contribution in [0.4, 0.5) is 5.69 Å². The van der Waals surface area contributed by atoms with Crippen LogP contribution in [0.1, 0.15) is 31.8 Å². The summed E-state index contributed by atoms with van der Waals surface area (Å²) in [6, 6.07) is 15.6. The first-order valence-electron chi connectivity index (χ1n) is 10.4. The summed E-state index contributed by atoms with van der Waals surface area (Å²) < 4.78 is 26.7. The number of aryl methyl sites for hydroxylation is 1. The van der Waals surface area contributed by atoms with Crippen LogP contribution >= 0.6 is 0 Å². The molecule has 0 unspecified atom stereocenters. The van der Waals surface area contributed by atoms with E-state index in [4.69, 9.17) is 23.7 Å². The zero-order valence-corrected chi connectivity index (χ0v) is 19.8. The number of hydrogen-bond donors (Lipinski definition) is 1. The third-order valence-corrected chi connectivity index (χ3v) is 5.14. The Kier molecular flexibility index (Phi) is 7.97. The number of hydrogen-bond acceptors (Lipinski definition) is 7. The van der Waals surface area contributed by atoms with Gasteiger partial charge < -0.3 is 29.0 Å². The molecular weight excluding hydrogens is 438 g/mol. The molecular formula is C26H27NO7. The number of carbonyl (C=O) groups is 2. The number of ether oxygens (including phenoxy) is 5. The molecule has 0 fully saturated rings. The molecule has 0 aliphatic rings. The van der Waals surface area contributed by atoms with Crippen LogP contribution in [-0.4, -0.2) is 40.3 Å². The van der Waals surface area contributed by atoms with E-state index in [0.717, 1.165) is 5.56 Å². The van der Waals surface area contributed by atoms with E-state index < -0.39 is 11.9 Å². The zero-order chi connectivity index (χ0) is 24.7. The van der Waals surface area contributed by atoms with E-state index in [2.05, 4.69) is 5.32 Å². The van der Waals surface area contributed by atoms with Gasteiger partial charge in [-0.25, -0.2) is 4.79 Å². The van der Waals surface area contributed by atoms with Gasteiger partial charge in [-0.3, -0.25) is 4.79 Å². The van der Waals surface area contributed by atoms with E-state index in [-0.39, 0.29) is 17.9 Å². The standard InChI is InChI=1S/C26H27NO7/c1-16-6-9-19(10-7-16)34-15-18-12-17(8-11-22(18)30-2)25(28)27-21-14-24(32-4)23(31-3)13-20(21)26(29)33-5/h6-14H,15H2,1-5H3,(H,27,28). The second-order valence-electron chi connectivity index (χ2n) is 7.33. The Hall–Kier alpha value is -4.20. The highest BCUT2D eigenvalue weighted by Crippen LogP contribution is 2.34. The lowest BCUT2D eigenvalue weighted by molar-refractivity contribution is 0.0601. The van der Waals surface area contributed by atoms with Crippen molar-refractivity contribution < 1.29 is 33.3 Å². The Bertz CT molecular complexity index is 1170. The minimum atomic E-state index is -0.627. The van der Waals surface area contributed by atoms with E-state index in [0.29, 0.717) is 34.1 Å². The highest BCUT2D eigenvalue weighted by molar-refractivity contribution is 6.08. The van der Waals surface area contributed by atoms with E-state index in [1.807, 2.05) is 31.2 Å². The molecule has 0 saturated carbocycles. The van der Waals surface area contributed by atoms with Crippen LogP contribution in [0, 0.1) is 6.92 Å². The number of amides is 1. The maximum absolute atomic E-state index is 13.1. The molecule has 0 bridgehead atoms. The van der Waals surface area contributed by atoms with Gasteiger partial charge in [0.05, 0.1) is 39.7 Å². The first kappa shape index (κ1) is 24.4. The van der Waals surface area contributed by atoms with Gasteiger partial charge in [-0.2, -0.15) is 0 Å². The second-order valence-corrected chi connectivity index (χ2v) is 7.33. The predicted molar refractivity (Wildman–Crippen MR) is 127 cm³/mol. The molecule has 3 aromatic carbocycles. The van der Waals surface area contributed by atoms with Crippen molar-refractivity contribution in [1.29, 1.82) is 0 Å². The summed E-state index contributed by atoms with van der Waals surface area (Å²) in [5.74, 6) is 0.920. The molecule has 0 aliphatic carbocycles. The van der Waals surface area contributed by atoms with Crippen LogP contribution in [0.25, 0.3) is 0 Å². The van der Waals surface area contributed by atoms with Crippen molar-refractivity contribution in [3.05, 3.63) is 76.9 Å². The summed E-state index contributed by atoms with van der Waals surface area (Å²) in [6.45, 7) is 2.20. The molecule has 3 rings (SSSR count). The van der Waals surface area contributed by atoms with Crippen molar-refractivity contribution in [1.82, 2.24) is 0 Å². The molecule has 3 aromatic rings. The molecule has 1 N–H and O–H groups in total. The molecule has 0 saturated heterocycles. The minimum Gasteiger partial charge on any atom is -0.496 e. The van der Waals surface area contributed by atoms with Crippen molar-refractivity contribution in [2.75, 3.05) is 33.8 Å². The second kappa shape index (κ2) is 11.1. The quantitative estimate of drug-likeness (QED) is 0.460. The fourth-order valence-electron chi connectivity index (χ4n) is 3.28. The Morgan fingerprint density at radius 1 is 0.794 bits per heavy atom. The zero-order valence-electron chi connectivity index (χ0n) is 19.8. The number of nitrogens with one attached hydrogen (secondary N) is 1. The highest BCUT2D eigenvalue weighted by Gasteiger charge is 2.20. The van der Waals surface area contributed by atoms with E-state index in [1.54, 1.807) is 25.3 Å². The van der Waals surface area contributed by atoms with Crippen molar-refractivity contribution in [2.24, 2.45) is 0 Å². The number of anilines is 1. The smallest absolute Gasteiger partial charge is 0.340 e. The Balaban J connectivity index is 1.87. The van der Waals surface area contributed by atoms with Gasteiger partial charge in [0.2, 0.25) is 0 Å². The number of rotatable bonds is 9.